The van der Waals surface area contributed by atoms with Gasteiger partial charge in [0.1, 0.15) is 12.5 Å². The SMILES string of the molecule is CCCN(C)C1NC(=O)C2=CN(c3ccccc3C)NC2N1. The fraction of sp³-hybridized carbons (Fsp3) is 0.438. The van der Waals surface area contributed by atoms with E-state index in [1.807, 2.05) is 36.5 Å². The Morgan fingerprint density at radius 3 is 2.82 bits per heavy atom. The molecule has 2 aliphatic heterocycles. The molecule has 0 radical (unpaired) electrons. The number of rotatable bonds is 4. The van der Waals surface area contributed by atoms with E-state index in [1.54, 1.807) is 0 Å². The van der Waals surface area contributed by atoms with Gasteiger partial charge < -0.3 is 5.32 Å². The molecule has 2 atom stereocenters. The second kappa shape index (κ2) is 6.08. The predicted octanol–water partition coefficient (Wildman–Crippen LogP) is 0.874. The highest BCUT2D eigenvalue weighted by Crippen LogP contribution is 2.24. The molecule has 6 heteroatoms. The van der Waals surface area contributed by atoms with Gasteiger partial charge in [-0.2, -0.15) is 0 Å². The van der Waals surface area contributed by atoms with E-state index in [0.29, 0.717) is 5.57 Å². The average Bonchev–Trinajstić information content (AvgIpc) is 2.92. The lowest BCUT2D eigenvalue weighted by Gasteiger charge is -2.36. The summed E-state index contributed by atoms with van der Waals surface area (Å²) >= 11 is 0. The van der Waals surface area contributed by atoms with Gasteiger partial charge >= 0.3 is 0 Å². The maximum atomic E-state index is 12.3. The molecule has 2 heterocycles. The third kappa shape index (κ3) is 2.72. The molecular formula is C16H23N5O. The molecule has 6 nitrogen and oxygen atoms in total. The largest absolute Gasteiger partial charge is 0.324 e. The van der Waals surface area contributed by atoms with E-state index in [-0.39, 0.29) is 18.4 Å². The first-order valence-corrected chi connectivity index (χ1v) is 7.70. The monoisotopic (exact) mass is 301 g/mol. The normalized spacial score (nSPS) is 24.3. The van der Waals surface area contributed by atoms with E-state index in [9.17, 15) is 4.79 Å². The van der Waals surface area contributed by atoms with Crippen molar-refractivity contribution < 1.29 is 4.79 Å². The summed E-state index contributed by atoms with van der Waals surface area (Å²) in [6, 6.07) is 8.10. The highest BCUT2D eigenvalue weighted by molar-refractivity contribution is 5.96. The molecule has 1 aromatic rings. The van der Waals surface area contributed by atoms with Crippen LogP contribution in [0.5, 0.6) is 0 Å². The minimum absolute atomic E-state index is 0.0275. The predicted molar refractivity (Wildman–Crippen MR) is 86.7 cm³/mol. The number of hydrogen-bond acceptors (Lipinski definition) is 5. The molecule has 1 aromatic carbocycles. The number of hydrazine groups is 1. The topological polar surface area (TPSA) is 59.6 Å². The van der Waals surface area contributed by atoms with Gasteiger partial charge in [-0.1, -0.05) is 25.1 Å². The number of carbonyl (C=O) groups is 1. The number of aryl methyl sites for hydroxylation is 1. The first-order chi connectivity index (χ1) is 10.6. The molecule has 2 unspecified atom stereocenters. The fourth-order valence-corrected chi connectivity index (χ4v) is 2.88. The number of nitrogens with zero attached hydrogens (tertiary/aromatic N) is 2. The number of para-hydroxylation sites is 1. The van der Waals surface area contributed by atoms with Gasteiger partial charge in [0.05, 0.1) is 11.3 Å². The van der Waals surface area contributed by atoms with Crippen LogP contribution in [0.3, 0.4) is 0 Å². The third-order valence-corrected chi connectivity index (χ3v) is 4.09. The number of hydrogen-bond donors (Lipinski definition) is 3. The molecule has 118 valence electrons. The first-order valence-electron chi connectivity index (χ1n) is 7.70. The van der Waals surface area contributed by atoms with E-state index in [0.717, 1.165) is 24.2 Å². The Balaban J connectivity index is 1.77. The van der Waals surface area contributed by atoms with E-state index in [1.165, 1.54) is 0 Å². The fourth-order valence-electron chi connectivity index (χ4n) is 2.88. The molecule has 1 saturated heterocycles. The van der Waals surface area contributed by atoms with Crippen molar-refractivity contribution in [2.75, 3.05) is 18.6 Å². The highest BCUT2D eigenvalue weighted by atomic mass is 16.2. The van der Waals surface area contributed by atoms with Gasteiger partial charge in [-0.25, -0.2) is 5.43 Å². The maximum Gasteiger partial charge on any atom is 0.254 e. The van der Waals surface area contributed by atoms with E-state index in [2.05, 4.69) is 40.9 Å². The highest BCUT2D eigenvalue weighted by Gasteiger charge is 2.37. The van der Waals surface area contributed by atoms with Gasteiger partial charge in [-0.15, -0.1) is 0 Å². The van der Waals surface area contributed by atoms with Crippen molar-refractivity contribution in [1.29, 1.82) is 0 Å². The zero-order chi connectivity index (χ0) is 15.7. The molecule has 0 aliphatic carbocycles. The Morgan fingerprint density at radius 1 is 1.32 bits per heavy atom. The molecule has 0 spiro atoms. The molecule has 0 bridgehead atoms. The van der Waals surface area contributed by atoms with Crippen molar-refractivity contribution in [1.82, 2.24) is 21.0 Å². The molecule has 3 rings (SSSR count). The zero-order valence-electron chi connectivity index (χ0n) is 13.3. The summed E-state index contributed by atoms with van der Waals surface area (Å²) in [5, 5.41) is 8.34. The van der Waals surface area contributed by atoms with Gasteiger partial charge in [-0.05, 0) is 32.0 Å². The van der Waals surface area contributed by atoms with Crippen LogP contribution in [0.25, 0.3) is 0 Å². The standard InChI is InChI=1S/C16H23N5O/c1-4-9-20(3)16-17-14-12(15(22)18-16)10-21(19-14)13-8-6-5-7-11(13)2/h5-8,10,14,16-17,19H,4,9H2,1-3H3,(H,18,22). The molecule has 0 aromatic heterocycles. The van der Waals surface area contributed by atoms with Crippen LogP contribution in [0.4, 0.5) is 5.69 Å². The lowest BCUT2D eigenvalue weighted by molar-refractivity contribution is -0.121. The lowest BCUT2D eigenvalue weighted by Crippen LogP contribution is -2.66. The Hall–Kier alpha value is -1.89. The van der Waals surface area contributed by atoms with Crippen LogP contribution in [0.2, 0.25) is 0 Å². The van der Waals surface area contributed by atoms with Crippen LogP contribution >= 0.6 is 0 Å². The maximum absolute atomic E-state index is 12.3. The van der Waals surface area contributed by atoms with Crippen LogP contribution < -0.4 is 21.1 Å². The molecule has 0 saturated carbocycles. The van der Waals surface area contributed by atoms with E-state index >= 15 is 0 Å². The Morgan fingerprint density at radius 2 is 2.09 bits per heavy atom. The number of nitrogens with one attached hydrogen (secondary N) is 3. The van der Waals surface area contributed by atoms with E-state index < -0.39 is 0 Å². The van der Waals surface area contributed by atoms with Crippen molar-refractivity contribution in [3.63, 3.8) is 0 Å². The molecule has 2 aliphatic rings. The quantitative estimate of drug-likeness (QED) is 0.770. The molecule has 3 N–H and O–H groups in total. The van der Waals surface area contributed by atoms with Gasteiger partial charge in [0.15, 0.2) is 0 Å². The van der Waals surface area contributed by atoms with Gasteiger partial charge in [-0.3, -0.25) is 20.0 Å². The summed E-state index contributed by atoms with van der Waals surface area (Å²) in [6.45, 7) is 5.11. The van der Waals surface area contributed by atoms with Gasteiger partial charge in [0.2, 0.25) is 0 Å². The number of benzene rings is 1. The Labute approximate surface area is 131 Å². The van der Waals surface area contributed by atoms with Crippen molar-refractivity contribution in [2.45, 2.75) is 32.7 Å². The molecule has 1 fully saturated rings. The second-order valence-electron chi connectivity index (χ2n) is 5.83. The Bertz CT molecular complexity index is 600. The first kappa shape index (κ1) is 15.0. The molecule has 1 amide bonds. The zero-order valence-corrected chi connectivity index (χ0v) is 13.3. The molecule has 22 heavy (non-hydrogen) atoms. The van der Waals surface area contributed by atoms with Crippen molar-refractivity contribution in [3.05, 3.63) is 41.6 Å². The second-order valence-corrected chi connectivity index (χ2v) is 5.83. The summed E-state index contributed by atoms with van der Waals surface area (Å²) in [5.41, 5.74) is 6.27. The molecular weight excluding hydrogens is 278 g/mol. The van der Waals surface area contributed by atoms with Crippen LogP contribution in [0.1, 0.15) is 18.9 Å². The summed E-state index contributed by atoms with van der Waals surface area (Å²) < 4.78 is 0. The lowest BCUT2D eigenvalue weighted by atomic mass is 10.2. The number of amides is 1. The van der Waals surface area contributed by atoms with Crippen LogP contribution in [0, 0.1) is 6.92 Å². The van der Waals surface area contributed by atoms with Gasteiger partial charge in [0.25, 0.3) is 5.91 Å². The van der Waals surface area contributed by atoms with Crippen LogP contribution in [0.15, 0.2) is 36.0 Å². The average molecular weight is 301 g/mol. The van der Waals surface area contributed by atoms with Crippen molar-refractivity contribution in [2.24, 2.45) is 0 Å². The Kier molecular flexibility index (Phi) is 4.15. The summed E-state index contributed by atoms with van der Waals surface area (Å²) in [7, 11) is 2.00. The minimum atomic E-state index is -0.169. The van der Waals surface area contributed by atoms with Crippen molar-refractivity contribution in [3.8, 4) is 0 Å². The summed E-state index contributed by atoms with van der Waals surface area (Å²) in [5.74, 6) is -0.0275. The van der Waals surface area contributed by atoms with Crippen LogP contribution in [-0.4, -0.2) is 36.9 Å². The summed E-state index contributed by atoms with van der Waals surface area (Å²) in [6.07, 6.45) is 2.59. The van der Waals surface area contributed by atoms with Crippen LogP contribution in [-0.2, 0) is 4.79 Å². The van der Waals surface area contributed by atoms with Crippen molar-refractivity contribution >= 4 is 11.6 Å². The number of anilines is 1. The summed E-state index contributed by atoms with van der Waals surface area (Å²) in [4.78, 5) is 14.4. The number of carbonyl (C=O) groups excluding carboxylic acids is 1. The van der Waals surface area contributed by atoms with Gasteiger partial charge in [0, 0.05) is 12.7 Å². The third-order valence-electron chi connectivity index (χ3n) is 4.09. The minimum Gasteiger partial charge on any atom is -0.324 e. The smallest absolute Gasteiger partial charge is 0.254 e. The number of fused-ring (bicyclic) bond motifs is 1. The van der Waals surface area contributed by atoms with E-state index in [4.69, 9.17) is 0 Å².